The molecule has 0 saturated carbocycles. The Hall–Kier alpha value is -0.940. The summed E-state index contributed by atoms with van der Waals surface area (Å²) in [7, 11) is 0. The fourth-order valence-corrected chi connectivity index (χ4v) is 3.78. The molecule has 3 nitrogen and oxygen atoms in total. The average Bonchev–Trinajstić information content (AvgIpc) is 2.87. The smallest absolute Gasteiger partial charge is 0.115 e. The molecule has 2 heterocycles. The fourth-order valence-electron chi connectivity index (χ4n) is 2.62. The molecule has 2 aromatic rings. The van der Waals surface area contributed by atoms with E-state index in [1.54, 1.807) is 11.3 Å². The van der Waals surface area contributed by atoms with Crippen LogP contribution in [0.2, 0.25) is 5.02 Å². The van der Waals surface area contributed by atoms with Gasteiger partial charge < -0.3 is 5.32 Å². The third-order valence-electron chi connectivity index (χ3n) is 3.55. The Morgan fingerprint density at radius 2 is 2.15 bits per heavy atom. The van der Waals surface area contributed by atoms with Gasteiger partial charge in [-0.1, -0.05) is 23.7 Å². The van der Waals surface area contributed by atoms with Crippen molar-refractivity contribution in [2.45, 2.75) is 13.0 Å². The van der Waals surface area contributed by atoms with Crippen molar-refractivity contribution >= 4 is 22.9 Å². The zero-order valence-electron chi connectivity index (χ0n) is 11.5. The molecule has 1 unspecified atom stereocenters. The number of aryl methyl sites for hydroxylation is 1. The summed E-state index contributed by atoms with van der Waals surface area (Å²) in [5.74, 6) is 0. The first-order valence-corrected chi connectivity index (χ1v) is 8.12. The van der Waals surface area contributed by atoms with Crippen molar-refractivity contribution in [3.8, 4) is 0 Å². The fraction of sp³-hybridized carbons (Fsp3) is 0.400. The van der Waals surface area contributed by atoms with E-state index in [1.807, 2.05) is 19.1 Å². The molecule has 1 atom stereocenters. The van der Waals surface area contributed by atoms with E-state index in [1.165, 1.54) is 5.56 Å². The maximum atomic E-state index is 6.17. The third kappa shape index (κ3) is 3.04. The maximum absolute atomic E-state index is 6.17. The molecule has 3 rings (SSSR count). The lowest BCUT2D eigenvalue weighted by Gasteiger charge is -2.34. The van der Waals surface area contributed by atoms with Crippen LogP contribution in [0.5, 0.6) is 0 Å². The molecular formula is C15H18ClN3S. The Balaban J connectivity index is 1.98. The third-order valence-corrected chi connectivity index (χ3v) is 4.80. The summed E-state index contributed by atoms with van der Waals surface area (Å²) in [5, 5.41) is 7.47. The van der Waals surface area contributed by atoms with Crippen molar-refractivity contribution in [1.82, 2.24) is 15.2 Å². The first-order chi connectivity index (χ1) is 9.74. The van der Waals surface area contributed by atoms with E-state index < -0.39 is 0 Å². The van der Waals surface area contributed by atoms with Crippen LogP contribution in [-0.4, -0.2) is 36.1 Å². The number of nitrogens with one attached hydrogen (secondary N) is 1. The molecule has 5 heteroatoms. The molecule has 0 spiro atoms. The van der Waals surface area contributed by atoms with E-state index in [9.17, 15) is 0 Å². The van der Waals surface area contributed by atoms with E-state index in [0.29, 0.717) is 0 Å². The van der Waals surface area contributed by atoms with Crippen LogP contribution in [0.15, 0.2) is 29.6 Å². The molecule has 1 aliphatic heterocycles. The Morgan fingerprint density at radius 3 is 2.80 bits per heavy atom. The summed E-state index contributed by atoms with van der Waals surface area (Å²) in [6.45, 7) is 6.18. The molecule has 0 radical (unpaired) electrons. The largest absolute Gasteiger partial charge is 0.314 e. The average molecular weight is 308 g/mol. The first kappa shape index (κ1) is 14.0. The lowest BCUT2D eigenvalue weighted by atomic mass is 10.1. The zero-order valence-corrected chi connectivity index (χ0v) is 13.0. The SMILES string of the molecule is Cc1csc(C(c2cccc(Cl)c2)N2CCNCC2)n1. The number of hydrogen-bond donors (Lipinski definition) is 1. The number of benzene rings is 1. The van der Waals surface area contributed by atoms with Crippen LogP contribution in [0.4, 0.5) is 0 Å². The van der Waals surface area contributed by atoms with Crippen LogP contribution in [0.25, 0.3) is 0 Å². The summed E-state index contributed by atoms with van der Waals surface area (Å²) in [5.41, 5.74) is 2.32. The lowest BCUT2D eigenvalue weighted by Crippen LogP contribution is -2.45. The Morgan fingerprint density at radius 1 is 1.35 bits per heavy atom. The minimum Gasteiger partial charge on any atom is -0.314 e. The van der Waals surface area contributed by atoms with Gasteiger partial charge in [0.15, 0.2) is 0 Å². The second kappa shape index (κ2) is 6.22. The van der Waals surface area contributed by atoms with Crippen molar-refractivity contribution in [2.75, 3.05) is 26.2 Å². The monoisotopic (exact) mass is 307 g/mol. The van der Waals surface area contributed by atoms with Crippen LogP contribution < -0.4 is 5.32 Å². The lowest BCUT2D eigenvalue weighted by molar-refractivity contribution is 0.198. The van der Waals surface area contributed by atoms with Crippen LogP contribution in [0.1, 0.15) is 22.3 Å². The van der Waals surface area contributed by atoms with Gasteiger partial charge in [0.05, 0.1) is 6.04 Å². The maximum Gasteiger partial charge on any atom is 0.115 e. The second-order valence-electron chi connectivity index (χ2n) is 5.07. The summed E-state index contributed by atoms with van der Waals surface area (Å²) >= 11 is 7.91. The Labute approximate surface area is 128 Å². The van der Waals surface area contributed by atoms with E-state index >= 15 is 0 Å². The van der Waals surface area contributed by atoms with Crippen molar-refractivity contribution in [1.29, 1.82) is 0 Å². The van der Waals surface area contributed by atoms with Gasteiger partial charge in [-0.05, 0) is 24.6 Å². The molecule has 0 aliphatic carbocycles. The number of piperazine rings is 1. The van der Waals surface area contributed by atoms with Crippen molar-refractivity contribution in [2.24, 2.45) is 0 Å². The Kier molecular flexibility index (Phi) is 4.36. The quantitative estimate of drug-likeness (QED) is 0.944. The topological polar surface area (TPSA) is 28.2 Å². The van der Waals surface area contributed by atoms with Crippen LogP contribution >= 0.6 is 22.9 Å². The first-order valence-electron chi connectivity index (χ1n) is 6.86. The highest BCUT2D eigenvalue weighted by molar-refractivity contribution is 7.09. The van der Waals surface area contributed by atoms with Crippen LogP contribution in [-0.2, 0) is 0 Å². The van der Waals surface area contributed by atoms with E-state index in [4.69, 9.17) is 16.6 Å². The van der Waals surface area contributed by atoms with Crippen LogP contribution in [0.3, 0.4) is 0 Å². The molecule has 1 aliphatic rings. The molecule has 106 valence electrons. The number of aromatic nitrogens is 1. The van der Waals surface area contributed by atoms with Gasteiger partial charge in [-0.2, -0.15) is 0 Å². The molecule has 0 amide bonds. The molecule has 1 aromatic carbocycles. The summed E-state index contributed by atoms with van der Waals surface area (Å²) in [6, 6.07) is 8.37. The number of halogens is 1. The van der Waals surface area contributed by atoms with Crippen molar-refractivity contribution in [3.05, 3.63) is 50.9 Å². The summed E-state index contributed by atoms with van der Waals surface area (Å²) in [6.07, 6.45) is 0. The zero-order chi connectivity index (χ0) is 13.9. The van der Waals surface area contributed by atoms with Crippen molar-refractivity contribution in [3.63, 3.8) is 0 Å². The van der Waals surface area contributed by atoms with E-state index in [-0.39, 0.29) is 6.04 Å². The molecule has 20 heavy (non-hydrogen) atoms. The van der Waals surface area contributed by atoms with E-state index in [0.717, 1.165) is 41.9 Å². The normalized spacial score (nSPS) is 18.1. The highest BCUT2D eigenvalue weighted by atomic mass is 35.5. The second-order valence-corrected chi connectivity index (χ2v) is 6.40. The van der Waals surface area contributed by atoms with Gasteiger partial charge in [0.25, 0.3) is 0 Å². The van der Waals surface area contributed by atoms with Gasteiger partial charge in [0.1, 0.15) is 5.01 Å². The number of thiazole rings is 1. The minimum atomic E-state index is 0.217. The van der Waals surface area contributed by atoms with Gasteiger partial charge in [-0.25, -0.2) is 4.98 Å². The van der Waals surface area contributed by atoms with Gasteiger partial charge in [-0.15, -0.1) is 11.3 Å². The highest BCUT2D eigenvalue weighted by Gasteiger charge is 2.26. The van der Waals surface area contributed by atoms with Gasteiger partial charge in [-0.3, -0.25) is 4.90 Å². The molecule has 1 saturated heterocycles. The minimum absolute atomic E-state index is 0.217. The van der Waals surface area contributed by atoms with Gasteiger partial charge in [0, 0.05) is 42.3 Å². The van der Waals surface area contributed by atoms with Crippen molar-refractivity contribution < 1.29 is 0 Å². The summed E-state index contributed by atoms with van der Waals surface area (Å²) < 4.78 is 0. The van der Waals surface area contributed by atoms with Gasteiger partial charge in [0.2, 0.25) is 0 Å². The Bertz CT molecular complexity index is 578. The number of nitrogens with zero attached hydrogens (tertiary/aromatic N) is 2. The molecule has 1 fully saturated rings. The van der Waals surface area contributed by atoms with E-state index in [2.05, 4.69) is 27.7 Å². The standard InChI is InChI=1S/C15H18ClN3S/c1-11-10-20-15(18-11)14(19-7-5-17-6-8-19)12-3-2-4-13(16)9-12/h2-4,9-10,14,17H,5-8H2,1H3. The van der Waals surface area contributed by atoms with Gasteiger partial charge >= 0.3 is 0 Å². The molecule has 1 N–H and O–H groups in total. The predicted molar refractivity (Wildman–Crippen MR) is 84.6 cm³/mol. The van der Waals surface area contributed by atoms with Crippen LogP contribution in [0, 0.1) is 6.92 Å². The summed E-state index contributed by atoms with van der Waals surface area (Å²) in [4.78, 5) is 7.19. The number of rotatable bonds is 3. The number of hydrogen-bond acceptors (Lipinski definition) is 4. The highest BCUT2D eigenvalue weighted by Crippen LogP contribution is 2.32. The molecular weight excluding hydrogens is 290 g/mol. The molecule has 0 bridgehead atoms. The molecule has 1 aromatic heterocycles. The predicted octanol–water partition coefficient (Wildman–Crippen LogP) is 3.10.